The molecule has 2 bridgehead atoms. The lowest BCUT2D eigenvalue weighted by Crippen LogP contribution is -2.56. The molecular formula is C29H35N3O6. The summed E-state index contributed by atoms with van der Waals surface area (Å²) in [5.74, 6) is -2.11. The van der Waals surface area contributed by atoms with E-state index < -0.39 is 41.0 Å². The van der Waals surface area contributed by atoms with Gasteiger partial charge in [-0.25, -0.2) is 0 Å². The summed E-state index contributed by atoms with van der Waals surface area (Å²) in [5, 5.41) is 16.1. The van der Waals surface area contributed by atoms with Crippen LogP contribution in [-0.4, -0.2) is 64.7 Å². The fourth-order valence-electron chi connectivity index (χ4n) is 6.81. The summed E-state index contributed by atoms with van der Waals surface area (Å²) in [6.07, 6.45) is 0.902. The average molecular weight is 522 g/mol. The average Bonchev–Trinajstić information content (AvgIpc) is 3.43. The molecule has 2 aromatic carbocycles. The first-order valence-corrected chi connectivity index (χ1v) is 13.1. The molecule has 3 aliphatic rings. The number of fused-ring (bicyclic) bond motifs is 1. The summed E-state index contributed by atoms with van der Waals surface area (Å²) >= 11 is 0. The van der Waals surface area contributed by atoms with E-state index in [0.717, 1.165) is 0 Å². The smallest absolute Gasteiger partial charge is 0.250 e. The van der Waals surface area contributed by atoms with Crippen molar-refractivity contribution in [3.05, 3.63) is 54.6 Å². The van der Waals surface area contributed by atoms with Crippen LogP contribution in [0.4, 0.5) is 11.4 Å². The molecule has 3 heterocycles. The van der Waals surface area contributed by atoms with Crippen molar-refractivity contribution in [1.29, 1.82) is 0 Å². The van der Waals surface area contributed by atoms with Crippen molar-refractivity contribution in [3.8, 4) is 5.75 Å². The SMILES string of the molecule is CC[C@@H](CO)N1C(=O)[C@@H]2[C@@H](C(=O)Nc3ccccc3)[C@]3(C)OC2(CC3C)C1C(=O)Nc1ccc(OC)cc1. The summed E-state index contributed by atoms with van der Waals surface area (Å²) in [5.41, 5.74) is -0.942. The molecule has 38 heavy (non-hydrogen) atoms. The van der Waals surface area contributed by atoms with Gasteiger partial charge >= 0.3 is 0 Å². The van der Waals surface area contributed by atoms with Gasteiger partial charge in [-0.2, -0.15) is 0 Å². The highest BCUT2D eigenvalue weighted by atomic mass is 16.5. The van der Waals surface area contributed by atoms with Gasteiger partial charge in [-0.1, -0.05) is 32.0 Å². The Hall–Kier alpha value is -3.43. The second-order valence-corrected chi connectivity index (χ2v) is 10.8. The number of aliphatic hydroxyl groups is 1. The minimum absolute atomic E-state index is 0.0801. The van der Waals surface area contributed by atoms with Gasteiger partial charge in [0.1, 0.15) is 17.4 Å². The molecule has 0 saturated carbocycles. The minimum atomic E-state index is -1.19. The first-order chi connectivity index (χ1) is 18.2. The number of carbonyl (C=O) groups excluding carboxylic acids is 3. The maximum Gasteiger partial charge on any atom is 0.250 e. The quantitative estimate of drug-likeness (QED) is 0.492. The number of aliphatic hydroxyl groups excluding tert-OH is 1. The molecule has 2 aromatic rings. The van der Waals surface area contributed by atoms with Gasteiger partial charge in [0.05, 0.1) is 37.2 Å². The summed E-state index contributed by atoms with van der Waals surface area (Å²) in [4.78, 5) is 43.4. The van der Waals surface area contributed by atoms with Crippen LogP contribution < -0.4 is 15.4 Å². The lowest BCUT2D eigenvalue weighted by Gasteiger charge is -2.36. The molecule has 0 radical (unpaired) electrons. The molecule has 202 valence electrons. The molecule has 3 saturated heterocycles. The molecule has 3 amide bonds. The van der Waals surface area contributed by atoms with Crippen molar-refractivity contribution in [2.24, 2.45) is 17.8 Å². The zero-order valence-electron chi connectivity index (χ0n) is 22.1. The molecule has 0 aliphatic carbocycles. The number of nitrogens with one attached hydrogen (secondary N) is 2. The Kier molecular flexibility index (Phi) is 6.69. The van der Waals surface area contributed by atoms with Crippen molar-refractivity contribution >= 4 is 29.1 Å². The number of rotatable bonds is 8. The van der Waals surface area contributed by atoms with Crippen molar-refractivity contribution in [3.63, 3.8) is 0 Å². The topological polar surface area (TPSA) is 117 Å². The van der Waals surface area contributed by atoms with Crippen LogP contribution in [0, 0.1) is 17.8 Å². The molecule has 9 nitrogen and oxygen atoms in total. The lowest BCUT2D eigenvalue weighted by atomic mass is 9.62. The number of para-hydroxylation sites is 1. The fraction of sp³-hybridized carbons (Fsp3) is 0.483. The molecule has 1 spiro atoms. The van der Waals surface area contributed by atoms with Gasteiger partial charge in [-0.15, -0.1) is 0 Å². The van der Waals surface area contributed by atoms with E-state index in [2.05, 4.69) is 10.6 Å². The van der Waals surface area contributed by atoms with Crippen LogP contribution in [0.5, 0.6) is 5.75 Å². The van der Waals surface area contributed by atoms with Crippen molar-refractivity contribution < 1.29 is 29.0 Å². The van der Waals surface area contributed by atoms with E-state index in [9.17, 15) is 19.5 Å². The van der Waals surface area contributed by atoms with Crippen LogP contribution in [0.1, 0.15) is 33.6 Å². The molecule has 3 fully saturated rings. The van der Waals surface area contributed by atoms with Crippen LogP contribution >= 0.6 is 0 Å². The highest BCUT2D eigenvalue weighted by molar-refractivity contribution is 6.05. The van der Waals surface area contributed by atoms with E-state index in [0.29, 0.717) is 30.0 Å². The zero-order chi connectivity index (χ0) is 27.2. The van der Waals surface area contributed by atoms with Crippen molar-refractivity contribution in [1.82, 2.24) is 4.90 Å². The van der Waals surface area contributed by atoms with Crippen molar-refractivity contribution in [2.75, 3.05) is 24.4 Å². The third-order valence-corrected chi connectivity index (χ3v) is 8.76. The number of hydrogen-bond acceptors (Lipinski definition) is 6. The first kappa shape index (κ1) is 26.2. The Bertz CT molecular complexity index is 1220. The monoisotopic (exact) mass is 521 g/mol. The molecule has 3 N–H and O–H groups in total. The normalized spacial score (nSPS) is 32.1. The van der Waals surface area contributed by atoms with Gasteiger partial charge in [0.2, 0.25) is 17.7 Å². The second kappa shape index (κ2) is 9.71. The number of nitrogens with zero attached hydrogens (tertiary/aromatic N) is 1. The highest BCUT2D eigenvalue weighted by Crippen LogP contribution is 2.65. The predicted molar refractivity (Wildman–Crippen MR) is 141 cm³/mol. The number of hydrogen-bond donors (Lipinski definition) is 3. The third-order valence-electron chi connectivity index (χ3n) is 8.76. The number of likely N-dealkylation sites (tertiary alicyclic amines) is 1. The van der Waals surface area contributed by atoms with Crippen LogP contribution in [0.25, 0.3) is 0 Å². The first-order valence-electron chi connectivity index (χ1n) is 13.1. The molecule has 3 aliphatic heterocycles. The van der Waals surface area contributed by atoms with E-state index in [1.807, 2.05) is 39.0 Å². The Morgan fingerprint density at radius 1 is 1.11 bits per heavy atom. The Morgan fingerprint density at radius 2 is 1.74 bits per heavy atom. The molecule has 7 atom stereocenters. The van der Waals surface area contributed by atoms with Gasteiger partial charge in [-0.3, -0.25) is 14.4 Å². The van der Waals surface area contributed by atoms with Gasteiger partial charge in [0, 0.05) is 11.4 Å². The predicted octanol–water partition coefficient (Wildman–Crippen LogP) is 3.05. The van der Waals surface area contributed by atoms with E-state index in [1.54, 1.807) is 43.5 Å². The number of carbonyl (C=O) groups is 3. The van der Waals surface area contributed by atoms with Crippen LogP contribution in [0.3, 0.4) is 0 Å². The van der Waals surface area contributed by atoms with Gasteiger partial charge in [0.15, 0.2) is 0 Å². The Labute approximate surface area is 222 Å². The maximum absolute atomic E-state index is 14.2. The number of methoxy groups -OCH3 is 1. The summed E-state index contributed by atoms with van der Waals surface area (Å²) in [6, 6.07) is 14.4. The van der Waals surface area contributed by atoms with Gasteiger partial charge in [0.25, 0.3) is 0 Å². The molecule has 3 unspecified atom stereocenters. The lowest BCUT2D eigenvalue weighted by molar-refractivity contribution is -0.148. The summed E-state index contributed by atoms with van der Waals surface area (Å²) < 4.78 is 11.9. The molecular weight excluding hydrogens is 486 g/mol. The van der Waals surface area contributed by atoms with Crippen LogP contribution in [0.15, 0.2) is 54.6 Å². The third kappa shape index (κ3) is 3.87. The summed E-state index contributed by atoms with van der Waals surface area (Å²) in [7, 11) is 1.56. The van der Waals surface area contributed by atoms with Crippen LogP contribution in [-0.2, 0) is 19.1 Å². The maximum atomic E-state index is 14.2. The molecule has 0 aromatic heterocycles. The van der Waals surface area contributed by atoms with E-state index >= 15 is 0 Å². The minimum Gasteiger partial charge on any atom is -0.497 e. The molecule has 5 rings (SSSR count). The van der Waals surface area contributed by atoms with E-state index in [1.165, 1.54) is 4.90 Å². The number of anilines is 2. The second-order valence-electron chi connectivity index (χ2n) is 10.8. The zero-order valence-corrected chi connectivity index (χ0v) is 22.1. The highest BCUT2D eigenvalue weighted by Gasteiger charge is 2.80. The van der Waals surface area contributed by atoms with E-state index in [4.69, 9.17) is 9.47 Å². The molecule has 9 heteroatoms. The number of ether oxygens (including phenoxy) is 2. The van der Waals surface area contributed by atoms with Gasteiger partial charge in [-0.05, 0) is 62.1 Å². The Balaban J connectivity index is 1.54. The van der Waals surface area contributed by atoms with Gasteiger partial charge < -0.3 is 30.1 Å². The van der Waals surface area contributed by atoms with Crippen molar-refractivity contribution in [2.45, 2.75) is 56.9 Å². The van der Waals surface area contributed by atoms with Crippen LogP contribution in [0.2, 0.25) is 0 Å². The number of benzene rings is 2. The number of amides is 3. The fourth-order valence-corrected chi connectivity index (χ4v) is 6.81. The summed E-state index contributed by atoms with van der Waals surface area (Å²) in [6.45, 7) is 5.44. The Morgan fingerprint density at radius 3 is 2.34 bits per heavy atom. The van der Waals surface area contributed by atoms with E-state index in [-0.39, 0.29) is 24.3 Å². The largest absolute Gasteiger partial charge is 0.497 e. The standard InChI is InChI=1S/C29H35N3O6/c1-5-20(16-33)32-24(26(35)31-19-11-13-21(37-4)14-12-19)29-15-17(2)28(3,38-29)22(23(29)27(32)36)25(34)30-18-9-7-6-8-10-18/h6-14,17,20,22-24,33H,5,15-16H2,1-4H3,(H,30,34)(H,31,35)/t17?,20-,22-,23-,24?,28+,29?/m0/s1.